The maximum atomic E-state index is 12.7. The Bertz CT molecular complexity index is 408. The van der Waals surface area contributed by atoms with Crippen molar-refractivity contribution in [2.24, 2.45) is 5.92 Å². The minimum atomic E-state index is -4.26. The van der Waals surface area contributed by atoms with Crippen molar-refractivity contribution in [1.82, 2.24) is 5.32 Å². The molecule has 1 N–H and O–H groups in total. The standard InChI is InChI=1S/C15H20F3N/c1-19-14(9-11-5-2-3-6-11)12-7-4-8-13(10-12)15(16,17)18/h4,7-8,10-11,14,19H,2-3,5-6,9H2,1H3. The van der Waals surface area contributed by atoms with Gasteiger partial charge in [-0.05, 0) is 37.1 Å². The Morgan fingerprint density at radius 3 is 2.53 bits per heavy atom. The highest BCUT2D eigenvalue weighted by atomic mass is 19.4. The average Bonchev–Trinajstić information content (AvgIpc) is 2.88. The maximum Gasteiger partial charge on any atom is 0.416 e. The topological polar surface area (TPSA) is 12.0 Å². The summed E-state index contributed by atoms with van der Waals surface area (Å²) < 4.78 is 38.2. The lowest BCUT2D eigenvalue weighted by atomic mass is 9.93. The summed E-state index contributed by atoms with van der Waals surface area (Å²) in [5.74, 6) is 0.645. The summed E-state index contributed by atoms with van der Waals surface area (Å²) in [5.41, 5.74) is 0.181. The summed E-state index contributed by atoms with van der Waals surface area (Å²) >= 11 is 0. The molecular formula is C15H20F3N. The fourth-order valence-electron chi connectivity index (χ4n) is 2.93. The fraction of sp³-hybridized carbons (Fsp3) is 0.600. The summed E-state index contributed by atoms with van der Waals surface area (Å²) in [7, 11) is 1.82. The van der Waals surface area contributed by atoms with Gasteiger partial charge in [0.25, 0.3) is 0 Å². The number of nitrogens with one attached hydrogen (secondary N) is 1. The number of benzene rings is 1. The molecule has 0 radical (unpaired) electrons. The van der Waals surface area contributed by atoms with Crippen LogP contribution in [-0.4, -0.2) is 7.05 Å². The van der Waals surface area contributed by atoms with Crippen molar-refractivity contribution >= 4 is 0 Å². The van der Waals surface area contributed by atoms with Gasteiger partial charge >= 0.3 is 6.18 Å². The van der Waals surface area contributed by atoms with Crippen LogP contribution >= 0.6 is 0 Å². The Labute approximate surface area is 112 Å². The molecule has 1 atom stereocenters. The molecule has 1 nitrogen and oxygen atoms in total. The highest BCUT2D eigenvalue weighted by Crippen LogP contribution is 2.35. The van der Waals surface area contributed by atoms with E-state index in [1.54, 1.807) is 6.07 Å². The first-order valence-electron chi connectivity index (χ1n) is 6.85. The van der Waals surface area contributed by atoms with Crippen LogP contribution in [0.5, 0.6) is 0 Å². The molecule has 19 heavy (non-hydrogen) atoms. The SMILES string of the molecule is CNC(CC1CCCC1)c1cccc(C(F)(F)F)c1. The highest BCUT2D eigenvalue weighted by Gasteiger charge is 2.31. The van der Waals surface area contributed by atoms with Gasteiger partial charge in [-0.25, -0.2) is 0 Å². The molecular weight excluding hydrogens is 251 g/mol. The van der Waals surface area contributed by atoms with E-state index < -0.39 is 11.7 Å². The van der Waals surface area contributed by atoms with E-state index in [9.17, 15) is 13.2 Å². The molecule has 1 aliphatic rings. The highest BCUT2D eigenvalue weighted by molar-refractivity contribution is 5.28. The van der Waals surface area contributed by atoms with Crippen LogP contribution in [0.15, 0.2) is 24.3 Å². The van der Waals surface area contributed by atoms with Gasteiger partial charge in [0.1, 0.15) is 0 Å². The van der Waals surface area contributed by atoms with E-state index in [-0.39, 0.29) is 6.04 Å². The van der Waals surface area contributed by atoms with Crippen molar-refractivity contribution < 1.29 is 13.2 Å². The van der Waals surface area contributed by atoms with E-state index in [0.29, 0.717) is 5.92 Å². The van der Waals surface area contributed by atoms with E-state index in [0.717, 1.165) is 18.1 Å². The van der Waals surface area contributed by atoms with Gasteiger partial charge in [-0.1, -0.05) is 37.8 Å². The maximum absolute atomic E-state index is 12.7. The third-order valence-corrected chi connectivity index (χ3v) is 4.01. The summed E-state index contributed by atoms with van der Waals surface area (Å²) in [5, 5.41) is 3.16. The van der Waals surface area contributed by atoms with Gasteiger partial charge in [-0.15, -0.1) is 0 Å². The predicted octanol–water partition coefficient (Wildman–Crippen LogP) is 4.55. The summed E-state index contributed by atoms with van der Waals surface area (Å²) in [6.07, 6.45) is 1.58. The van der Waals surface area contributed by atoms with E-state index in [1.165, 1.54) is 37.8 Å². The molecule has 0 spiro atoms. The predicted molar refractivity (Wildman–Crippen MR) is 69.8 cm³/mol. The van der Waals surface area contributed by atoms with Gasteiger partial charge in [0.2, 0.25) is 0 Å². The first-order chi connectivity index (χ1) is 9.00. The number of rotatable bonds is 4. The number of halogens is 3. The second-order valence-corrected chi connectivity index (χ2v) is 5.35. The number of alkyl halides is 3. The van der Waals surface area contributed by atoms with Crippen molar-refractivity contribution in [2.75, 3.05) is 7.05 Å². The van der Waals surface area contributed by atoms with Crippen LogP contribution in [-0.2, 0) is 6.18 Å². The van der Waals surface area contributed by atoms with Crippen LogP contribution in [0.4, 0.5) is 13.2 Å². The molecule has 4 heteroatoms. The zero-order chi connectivity index (χ0) is 13.9. The quantitative estimate of drug-likeness (QED) is 0.847. The van der Waals surface area contributed by atoms with Crippen LogP contribution in [0.2, 0.25) is 0 Å². The lowest BCUT2D eigenvalue weighted by Gasteiger charge is -2.21. The van der Waals surface area contributed by atoms with Gasteiger partial charge in [0.15, 0.2) is 0 Å². The van der Waals surface area contributed by atoms with Gasteiger partial charge in [-0.2, -0.15) is 13.2 Å². The van der Waals surface area contributed by atoms with Crippen LogP contribution < -0.4 is 5.32 Å². The summed E-state index contributed by atoms with van der Waals surface area (Å²) in [4.78, 5) is 0. The molecule has 0 saturated heterocycles. The Hall–Kier alpha value is -1.03. The molecule has 0 aliphatic heterocycles. The van der Waals surface area contributed by atoms with Crippen molar-refractivity contribution in [3.05, 3.63) is 35.4 Å². The average molecular weight is 271 g/mol. The van der Waals surface area contributed by atoms with Crippen molar-refractivity contribution in [2.45, 2.75) is 44.3 Å². The summed E-state index contributed by atoms with van der Waals surface area (Å²) in [6, 6.07) is 5.70. The molecule has 106 valence electrons. The zero-order valence-corrected chi connectivity index (χ0v) is 11.1. The van der Waals surface area contributed by atoms with Crippen molar-refractivity contribution in [3.63, 3.8) is 0 Å². The third kappa shape index (κ3) is 3.72. The normalized spacial score (nSPS) is 18.7. The first-order valence-corrected chi connectivity index (χ1v) is 6.85. The Balaban J connectivity index is 2.13. The van der Waals surface area contributed by atoms with Gasteiger partial charge in [-0.3, -0.25) is 0 Å². The first kappa shape index (κ1) is 14.4. The lowest BCUT2D eigenvalue weighted by molar-refractivity contribution is -0.137. The largest absolute Gasteiger partial charge is 0.416 e. The lowest BCUT2D eigenvalue weighted by Crippen LogP contribution is -2.19. The van der Waals surface area contributed by atoms with E-state index >= 15 is 0 Å². The summed E-state index contributed by atoms with van der Waals surface area (Å²) in [6.45, 7) is 0. The second-order valence-electron chi connectivity index (χ2n) is 5.35. The zero-order valence-electron chi connectivity index (χ0n) is 11.1. The fourth-order valence-corrected chi connectivity index (χ4v) is 2.93. The smallest absolute Gasteiger partial charge is 0.313 e. The van der Waals surface area contributed by atoms with Gasteiger partial charge in [0.05, 0.1) is 5.56 Å². The minimum absolute atomic E-state index is 0.0189. The molecule has 1 aliphatic carbocycles. The van der Waals surface area contributed by atoms with E-state index in [1.807, 2.05) is 7.05 Å². The number of hydrogen-bond acceptors (Lipinski definition) is 1. The van der Waals surface area contributed by atoms with Crippen molar-refractivity contribution in [1.29, 1.82) is 0 Å². The Morgan fingerprint density at radius 2 is 1.95 bits per heavy atom. The molecule has 1 saturated carbocycles. The Kier molecular flexibility index (Phi) is 4.50. The molecule has 1 aromatic carbocycles. The molecule has 1 fully saturated rings. The Morgan fingerprint density at radius 1 is 1.26 bits per heavy atom. The number of hydrogen-bond donors (Lipinski definition) is 1. The third-order valence-electron chi connectivity index (χ3n) is 4.01. The monoisotopic (exact) mass is 271 g/mol. The van der Waals surface area contributed by atoms with Crippen LogP contribution in [0, 0.1) is 5.92 Å². The second kappa shape index (κ2) is 5.95. The molecule has 0 heterocycles. The van der Waals surface area contributed by atoms with Gasteiger partial charge < -0.3 is 5.32 Å². The van der Waals surface area contributed by atoms with Crippen LogP contribution in [0.25, 0.3) is 0 Å². The molecule has 0 amide bonds. The van der Waals surface area contributed by atoms with E-state index in [4.69, 9.17) is 0 Å². The molecule has 1 unspecified atom stereocenters. The van der Waals surface area contributed by atoms with Crippen LogP contribution in [0.1, 0.15) is 49.3 Å². The molecule has 0 aromatic heterocycles. The molecule has 1 aromatic rings. The van der Waals surface area contributed by atoms with Crippen molar-refractivity contribution in [3.8, 4) is 0 Å². The molecule has 0 bridgehead atoms. The minimum Gasteiger partial charge on any atom is -0.313 e. The van der Waals surface area contributed by atoms with Crippen LogP contribution in [0.3, 0.4) is 0 Å². The van der Waals surface area contributed by atoms with E-state index in [2.05, 4.69) is 5.32 Å². The molecule has 2 rings (SSSR count). The van der Waals surface area contributed by atoms with Gasteiger partial charge in [0, 0.05) is 6.04 Å².